The summed E-state index contributed by atoms with van der Waals surface area (Å²) < 4.78 is 13.9. The second-order valence-corrected chi connectivity index (χ2v) is 21.2. The maximum Gasteiger partial charge on any atom is 0.254 e. The van der Waals surface area contributed by atoms with Crippen LogP contribution in [0.25, 0.3) is 32.8 Å². The Labute approximate surface area is 415 Å². The van der Waals surface area contributed by atoms with Crippen molar-refractivity contribution in [3.63, 3.8) is 0 Å². The number of hydrogen-bond donors (Lipinski definition) is 3. The summed E-state index contributed by atoms with van der Waals surface area (Å²) in [6.07, 6.45) is 13.4. The van der Waals surface area contributed by atoms with Crippen molar-refractivity contribution in [2.45, 2.75) is 116 Å². The highest BCUT2D eigenvalue weighted by Gasteiger charge is 2.41. The van der Waals surface area contributed by atoms with E-state index >= 15 is 0 Å². The summed E-state index contributed by atoms with van der Waals surface area (Å²) >= 11 is 1.62. The van der Waals surface area contributed by atoms with Gasteiger partial charge in [0, 0.05) is 48.1 Å². The number of phenols is 1. The number of carbonyl (C=O) groups excluding carboxylic acids is 2. The van der Waals surface area contributed by atoms with Gasteiger partial charge in [-0.25, -0.2) is 4.98 Å². The zero-order valence-corrected chi connectivity index (χ0v) is 42.0. The third kappa shape index (κ3) is 11.2. The van der Waals surface area contributed by atoms with Crippen LogP contribution in [0.1, 0.15) is 121 Å². The average Bonchev–Trinajstić information content (AvgIpc) is 4.20. The van der Waals surface area contributed by atoms with E-state index in [1.165, 1.54) is 25.8 Å². The Morgan fingerprint density at radius 1 is 0.929 bits per heavy atom. The van der Waals surface area contributed by atoms with Gasteiger partial charge in [-0.1, -0.05) is 50.2 Å². The smallest absolute Gasteiger partial charge is 0.254 e. The summed E-state index contributed by atoms with van der Waals surface area (Å²) in [6.45, 7) is 14.7. The van der Waals surface area contributed by atoms with E-state index in [0.717, 1.165) is 89.9 Å². The molecule has 4 atom stereocenters. The van der Waals surface area contributed by atoms with Gasteiger partial charge in [-0.2, -0.15) is 5.10 Å². The molecule has 4 N–H and O–H groups in total. The van der Waals surface area contributed by atoms with Crippen molar-refractivity contribution < 1.29 is 24.0 Å². The van der Waals surface area contributed by atoms with Gasteiger partial charge in [-0.05, 0) is 150 Å². The van der Waals surface area contributed by atoms with Gasteiger partial charge in [0.05, 0.1) is 40.6 Å². The van der Waals surface area contributed by atoms with E-state index in [2.05, 4.69) is 54.7 Å². The maximum absolute atomic E-state index is 14.2. The molecule has 3 fully saturated rings. The Kier molecular flexibility index (Phi) is 15.3. The molecule has 2 saturated heterocycles. The number of thiazole rings is 1. The van der Waals surface area contributed by atoms with E-state index in [9.17, 15) is 14.7 Å². The first-order valence-electron chi connectivity index (χ1n) is 25.3. The van der Waals surface area contributed by atoms with Crippen molar-refractivity contribution in [3.05, 3.63) is 95.6 Å². The molecule has 4 aromatic heterocycles. The van der Waals surface area contributed by atoms with E-state index in [0.29, 0.717) is 54.2 Å². The van der Waals surface area contributed by atoms with E-state index in [4.69, 9.17) is 15.0 Å². The molecule has 1 aliphatic carbocycles. The largest absolute Gasteiger partial charge is 0.507 e. The topological polar surface area (TPSA) is 191 Å². The number of phenolic OH excluding ortho intramolecular Hbond substituents is 1. The van der Waals surface area contributed by atoms with Crippen LogP contribution in [-0.4, -0.2) is 95.7 Å². The minimum Gasteiger partial charge on any atom is -0.507 e. The Morgan fingerprint density at radius 3 is 2.46 bits per heavy atom. The highest BCUT2D eigenvalue weighted by atomic mass is 32.1. The van der Waals surface area contributed by atoms with Gasteiger partial charge in [0.2, 0.25) is 11.8 Å². The van der Waals surface area contributed by atoms with E-state index in [-0.39, 0.29) is 35.6 Å². The Balaban J connectivity index is 0.670. The number of nitrogens with two attached hydrogens (primary N) is 1. The molecule has 370 valence electrons. The van der Waals surface area contributed by atoms with Crippen molar-refractivity contribution in [1.82, 2.24) is 45.2 Å². The number of aryl methyl sites for hydroxylation is 1. The minimum absolute atomic E-state index is 0.0640. The summed E-state index contributed by atoms with van der Waals surface area (Å²) in [5.74, 6) is 2.61. The molecule has 2 aromatic carbocycles. The lowest BCUT2D eigenvalue weighted by Gasteiger charge is -2.41. The molecule has 2 amide bonds. The van der Waals surface area contributed by atoms with E-state index in [1.807, 2.05) is 80.6 Å². The number of nitrogens with one attached hydrogen (secondary N) is 1. The molecule has 2 aliphatic heterocycles. The number of anilines is 1. The third-order valence-electron chi connectivity index (χ3n) is 15.1. The number of ether oxygens (including phenoxy) is 1. The molecule has 15 nitrogen and oxygen atoms in total. The normalized spacial score (nSPS) is 20.0. The summed E-state index contributed by atoms with van der Waals surface area (Å²) in [4.78, 5) is 37.8. The first-order chi connectivity index (χ1) is 33.9. The van der Waals surface area contributed by atoms with Gasteiger partial charge in [-0.15, -0.1) is 21.5 Å². The van der Waals surface area contributed by atoms with Crippen LogP contribution in [0.4, 0.5) is 5.82 Å². The van der Waals surface area contributed by atoms with Crippen LogP contribution in [0.3, 0.4) is 0 Å². The Morgan fingerprint density at radius 2 is 1.71 bits per heavy atom. The van der Waals surface area contributed by atoms with Crippen molar-refractivity contribution in [2.75, 3.05) is 38.5 Å². The SMILES string of the molecule is Cc1ncsc1-c1ccc([C@H](C)NC(=O)[C@@H]2CCCN2C(=O)[C@H](c2cc(OCCC3CCN(C[C@H]4C[C@H](CCC(C)n5cc(-c6cc(-c7ccccc7O)nnc6N)cn5)C4)CC3)no2)C(C)C)cc1. The standard InChI is InChI=1S/C54H68N10O5S/c1-33(2)50(54(67)63-21-8-10-46(63)53(66)58-35(4)40-14-16-41(17-15-40)51-36(5)56-32-70-51)48-28-49(61-69-48)68-24-20-37-18-22-62(23-19-37)30-39-25-38(26-39)13-12-34(3)64-31-42(29-57-64)44-27-45(59-60-52(44)55)43-9-6-7-11-47(43)65/h6-7,9,11,14-17,27-29,31-35,37-39,46,50,65H,8,10,12-13,18-26,30H2,1-5H3,(H2,55,60)(H,58,66)/t34?,35-,38-,39-,46-,50-/m0/s1. The van der Waals surface area contributed by atoms with Gasteiger partial charge in [-0.3, -0.25) is 14.3 Å². The van der Waals surface area contributed by atoms with Gasteiger partial charge < -0.3 is 35.2 Å². The molecule has 1 saturated carbocycles. The maximum atomic E-state index is 14.2. The van der Waals surface area contributed by atoms with E-state index < -0.39 is 12.0 Å². The predicted molar refractivity (Wildman–Crippen MR) is 272 cm³/mol. The van der Waals surface area contributed by atoms with Crippen LogP contribution >= 0.6 is 11.3 Å². The first-order valence-corrected chi connectivity index (χ1v) is 26.2. The molecule has 70 heavy (non-hydrogen) atoms. The van der Waals surface area contributed by atoms with Gasteiger partial charge >= 0.3 is 0 Å². The van der Waals surface area contributed by atoms with Crippen molar-refractivity contribution >= 4 is 29.0 Å². The molecule has 16 heteroatoms. The predicted octanol–water partition coefficient (Wildman–Crippen LogP) is 9.87. The number of aromatic nitrogens is 6. The highest BCUT2D eigenvalue weighted by Crippen LogP contribution is 2.40. The van der Waals surface area contributed by atoms with Crippen molar-refractivity contribution in [3.8, 4) is 44.5 Å². The second kappa shape index (κ2) is 21.9. The Hall–Kier alpha value is -6.13. The molecule has 0 radical (unpaired) electrons. The number of benzene rings is 2. The van der Waals surface area contributed by atoms with Crippen LogP contribution < -0.4 is 15.8 Å². The molecule has 9 rings (SSSR count). The second-order valence-electron chi connectivity index (χ2n) is 20.4. The summed E-state index contributed by atoms with van der Waals surface area (Å²) in [6, 6.07) is 18.5. The molecule has 1 unspecified atom stereocenters. The number of hydrogen-bond acceptors (Lipinski definition) is 13. The summed E-state index contributed by atoms with van der Waals surface area (Å²) in [5, 5.41) is 30.8. The lowest BCUT2D eigenvalue weighted by Crippen LogP contribution is -2.48. The molecular weight excluding hydrogens is 901 g/mol. The van der Waals surface area contributed by atoms with Crippen LogP contribution in [0.15, 0.2) is 83.1 Å². The van der Waals surface area contributed by atoms with Crippen molar-refractivity contribution in [2.24, 2.45) is 23.7 Å². The van der Waals surface area contributed by atoms with Crippen LogP contribution in [0, 0.1) is 30.6 Å². The monoisotopic (exact) mass is 969 g/mol. The fourth-order valence-electron chi connectivity index (χ4n) is 10.8. The zero-order chi connectivity index (χ0) is 48.9. The number of nitrogen functional groups attached to an aromatic ring is 1. The van der Waals surface area contributed by atoms with Gasteiger partial charge in [0.15, 0.2) is 11.6 Å². The minimum atomic E-state index is -0.571. The summed E-state index contributed by atoms with van der Waals surface area (Å²) in [7, 11) is 0. The molecule has 0 spiro atoms. The Bertz CT molecular complexity index is 2700. The highest BCUT2D eigenvalue weighted by molar-refractivity contribution is 7.13. The van der Waals surface area contributed by atoms with Gasteiger partial charge in [0.25, 0.3) is 5.88 Å². The molecule has 6 heterocycles. The van der Waals surface area contributed by atoms with Crippen LogP contribution in [0.2, 0.25) is 0 Å². The molecule has 3 aliphatic rings. The fraction of sp³-hybridized carbons (Fsp3) is 0.500. The number of likely N-dealkylation sites (tertiary alicyclic amines) is 2. The number of rotatable bonds is 19. The van der Waals surface area contributed by atoms with E-state index in [1.54, 1.807) is 34.4 Å². The summed E-state index contributed by atoms with van der Waals surface area (Å²) in [5.41, 5.74) is 14.0. The quantitative estimate of drug-likeness (QED) is 0.0698. The molecule has 6 aromatic rings. The van der Waals surface area contributed by atoms with Crippen LogP contribution in [-0.2, 0) is 9.59 Å². The van der Waals surface area contributed by atoms with Crippen LogP contribution in [0.5, 0.6) is 11.6 Å². The zero-order valence-electron chi connectivity index (χ0n) is 41.2. The third-order valence-corrected chi connectivity index (χ3v) is 16.0. The number of carbonyl (C=O) groups is 2. The first kappa shape index (κ1) is 48.9. The lowest BCUT2D eigenvalue weighted by atomic mass is 9.72. The number of piperidine rings is 1. The number of para-hydroxylation sites is 1. The number of aromatic hydroxyl groups is 1. The average molecular weight is 969 g/mol. The lowest BCUT2D eigenvalue weighted by molar-refractivity contribution is -0.141. The van der Waals surface area contributed by atoms with Crippen molar-refractivity contribution in [1.29, 1.82) is 0 Å². The number of amides is 2. The molecule has 0 bridgehead atoms. The fourth-order valence-corrected chi connectivity index (χ4v) is 11.6. The van der Waals surface area contributed by atoms with Gasteiger partial charge in [0.1, 0.15) is 17.7 Å². The molecular formula is C54H68N10O5S. The number of nitrogens with zero attached hydrogens (tertiary/aromatic N) is 8.